The first kappa shape index (κ1) is 13.6. The minimum atomic E-state index is -0.448. The topological polar surface area (TPSA) is 82.1 Å². The van der Waals surface area contributed by atoms with Crippen molar-refractivity contribution < 1.29 is 14.7 Å². The molecule has 104 valence electrons. The number of hydrogen-bond donors (Lipinski definition) is 3. The number of nitrogens with zero attached hydrogens (tertiary/aromatic N) is 2. The Labute approximate surface area is 111 Å². The van der Waals surface area contributed by atoms with Gasteiger partial charge in [-0.15, -0.1) is 0 Å². The van der Waals surface area contributed by atoms with Gasteiger partial charge in [-0.3, -0.25) is 0 Å². The largest absolute Gasteiger partial charge is 0.409 e. The number of hydrogen-bond acceptors (Lipinski definition) is 4. The minimum Gasteiger partial charge on any atom is -0.409 e. The summed E-state index contributed by atoms with van der Waals surface area (Å²) in [7, 11) is 0. The van der Waals surface area contributed by atoms with Crippen LogP contribution in [-0.4, -0.2) is 35.3 Å². The fourth-order valence-electron chi connectivity index (χ4n) is 2.31. The smallest absolute Gasteiger partial charge is 0.172 e. The second-order valence-electron chi connectivity index (χ2n) is 4.93. The third kappa shape index (κ3) is 2.78. The number of oxime groups is 1. The Morgan fingerprint density at radius 2 is 2.26 bits per heavy atom. The van der Waals surface area contributed by atoms with Crippen molar-refractivity contribution in [3.05, 3.63) is 29.6 Å². The number of nitrogens with two attached hydrogens (primary N) is 1. The SMILES string of the molecule is CC1CCN(c2ccc(F)cc2/C(N)=N/O)CC1O. The summed E-state index contributed by atoms with van der Waals surface area (Å²) >= 11 is 0. The summed E-state index contributed by atoms with van der Waals surface area (Å²) in [4.78, 5) is 1.93. The van der Waals surface area contributed by atoms with Crippen LogP contribution in [0.5, 0.6) is 0 Å². The Balaban J connectivity index is 2.34. The fourth-order valence-corrected chi connectivity index (χ4v) is 2.31. The molecular weight excluding hydrogens is 249 g/mol. The van der Waals surface area contributed by atoms with E-state index in [1.165, 1.54) is 12.1 Å². The molecule has 0 aliphatic carbocycles. The van der Waals surface area contributed by atoms with E-state index in [-0.39, 0.29) is 11.8 Å². The van der Waals surface area contributed by atoms with Crippen molar-refractivity contribution in [2.45, 2.75) is 19.4 Å². The molecule has 1 aromatic rings. The van der Waals surface area contributed by atoms with Crippen LogP contribution < -0.4 is 10.6 Å². The Hall–Kier alpha value is -1.82. The Morgan fingerprint density at radius 1 is 1.53 bits per heavy atom. The van der Waals surface area contributed by atoms with Gasteiger partial charge in [0.1, 0.15) is 5.82 Å². The molecule has 1 aromatic carbocycles. The van der Waals surface area contributed by atoms with Gasteiger partial charge in [0.2, 0.25) is 0 Å². The van der Waals surface area contributed by atoms with Crippen LogP contribution in [0.3, 0.4) is 0 Å². The Kier molecular flexibility index (Phi) is 3.90. The van der Waals surface area contributed by atoms with Gasteiger partial charge in [-0.1, -0.05) is 12.1 Å². The summed E-state index contributed by atoms with van der Waals surface area (Å²) in [6, 6.07) is 4.15. The fraction of sp³-hybridized carbons (Fsp3) is 0.462. The third-order valence-corrected chi connectivity index (χ3v) is 3.60. The summed E-state index contributed by atoms with van der Waals surface area (Å²) < 4.78 is 13.3. The standard InChI is InChI=1S/C13H18FN3O2/c1-8-4-5-17(7-12(8)18)11-3-2-9(14)6-10(11)13(15)16-19/h2-3,6,8,12,18-19H,4-5,7H2,1H3,(H2,15,16). The lowest BCUT2D eigenvalue weighted by atomic mass is 9.95. The van der Waals surface area contributed by atoms with Crippen LogP contribution in [-0.2, 0) is 0 Å². The number of piperidine rings is 1. The first-order valence-electron chi connectivity index (χ1n) is 6.23. The molecule has 0 bridgehead atoms. The van der Waals surface area contributed by atoms with Crippen LogP contribution in [0.1, 0.15) is 18.9 Å². The van der Waals surface area contributed by atoms with E-state index in [1.807, 2.05) is 11.8 Å². The number of aliphatic hydroxyl groups is 1. The lowest BCUT2D eigenvalue weighted by Crippen LogP contribution is -2.43. The molecule has 1 heterocycles. The second-order valence-corrected chi connectivity index (χ2v) is 4.93. The highest BCUT2D eigenvalue weighted by molar-refractivity contribution is 6.02. The highest BCUT2D eigenvalue weighted by Crippen LogP contribution is 2.27. The van der Waals surface area contributed by atoms with Gasteiger partial charge in [0, 0.05) is 24.3 Å². The van der Waals surface area contributed by atoms with Crippen LogP contribution in [0.2, 0.25) is 0 Å². The lowest BCUT2D eigenvalue weighted by molar-refractivity contribution is 0.103. The van der Waals surface area contributed by atoms with Crippen LogP contribution >= 0.6 is 0 Å². The number of β-amino-alcohol motifs (C(OH)–C–C–N with tert-alkyl or cyclic N) is 1. The number of rotatable bonds is 2. The molecule has 2 atom stereocenters. The predicted octanol–water partition coefficient (Wildman–Crippen LogP) is 1.13. The molecule has 19 heavy (non-hydrogen) atoms. The molecule has 2 rings (SSSR count). The van der Waals surface area contributed by atoms with E-state index in [0.717, 1.165) is 13.0 Å². The van der Waals surface area contributed by atoms with Crippen LogP contribution in [0.15, 0.2) is 23.4 Å². The maximum absolute atomic E-state index is 13.3. The molecule has 1 aliphatic heterocycles. The van der Waals surface area contributed by atoms with Crippen molar-refractivity contribution in [3.63, 3.8) is 0 Å². The number of anilines is 1. The Morgan fingerprint density at radius 3 is 2.89 bits per heavy atom. The molecule has 0 amide bonds. The van der Waals surface area contributed by atoms with E-state index in [9.17, 15) is 9.50 Å². The minimum absolute atomic E-state index is 0.136. The van der Waals surface area contributed by atoms with E-state index >= 15 is 0 Å². The average molecular weight is 267 g/mol. The van der Waals surface area contributed by atoms with Gasteiger partial charge in [0.15, 0.2) is 5.84 Å². The normalized spacial score (nSPS) is 24.6. The molecule has 4 N–H and O–H groups in total. The lowest BCUT2D eigenvalue weighted by Gasteiger charge is -2.36. The van der Waals surface area contributed by atoms with Crippen LogP contribution in [0.4, 0.5) is 10.1 Å². The molecule has 6 heteroatoms. The van der Waals surface area contributed by atoms with Crippen molar-refractivity contribution in [2.75, 3.05) is 18.0 Å². The van der Waals surface area contributed by atoms with E-state index in [1.54, 1.807) is 6.07 Å². The first-order chi connectivity index (χ1) is 9.02. The third-order valence-electron chi connectivity index (χ3n) is 3.60. The van der Waals surface area contributed by atoms with E-state index in [0.29, 0.717) is 17.8 Å². The highest BCUT2D eigenvalue weighted by Gasteiger charge is 2.26. The highest BCUT2D eigenvalue weighted by atomic mass is 19.1. The van der Waals surface area contributed by atoms with E-state index in [4.69, 9.17) is 10.9 Å². The average Bonchev–Trinajstić information content (AvgIpc) is 2.41. The molecule has 0 spiro atoms. The van der Waals surface area contributed by atoms with Crippen molar-refractivity contribution in [2.24, 2.45) is 16.8 Å². The summed E-state index contributed by atoms with van der Waals surface area (Å²) in [6.07, 6.45) is 0.410. The van der Waals surface area contributed by atoms with Gasteiger partial charge >= 0.3 is 0 Å². The first-order valence-corrected chi connectivity index (χ1v) is 6.23. The Bertz CT molecular complexity index is 493. The maximum atomic E-state index is 13.3. The monoisotopic (exact) mass is 267 g/mol. The van der Waals surface area contributed by atoms with Gasteiger partial charge in [-0.2, -0.15) is 0 Å². The van der Waals surface area contributed by atoms with Gasteiger partial charge in [-0.25, -0.2) is 4.39 Å². The second kappa shape index (κ2) is 5.44. The molecule has 1 fully saturated rings. The molecule has 5 nitrogen and oxygen atoms in total. The number of amidine groups is 1. The van der Waals surface area contributed by atoms with Crippen molar-refractivity contribution in [3.8, 4) is 0 Å². The summed E-state index contributed by atoms with van der Waals surface area (Å²) in [5.74, 6) is -0.345. The van der Waals surface area contributed by atoms with Gasteiger partial charge in [0.05, 0.1) is 6.10 Å². The molecule has 0 radical (unpaired) electrons. The summed E-state index contributed by atoms with van der Waals surface area (Å²) in [6.45, 7) is 3.20. The zero-order valence-electron chi connectivity index (χ0n) is 10.8. The molecule has 1 aliphatic rings. The molecule has 0 saturated carbocycles. The van der Waals surface area contributed by atoms with E-state index in [2.05, 4.69) is 5.16 Å². The molecule has 2 unspecified atom stereocenters. The zero-order chi connectivity index (χ0) is 14.0. The van der Waals surface area contributed by atoms with Gasteiger partial charge in [0.25, 0.3) is 0 Å². The quantitative estimate of drug-likeness (QED) is 0.325. The van der Waals surface area contributed by atoms with Crippen LogP contribution in [0, 0.1) is 11.7 Å². The van der Waals surface area contributed by atoms with E-state index < -0.39 is 11.9 Å². The van der Waals surface area contributed by atoms with Crippen molar-refractivity contribution in [1.29, 1.82) is 0 Å². The maximum Gasteiger partial charge on any atom is 0.172 e. The van der Waals surface area contributed by atoms with Gasteiger partial charge in [-0.05, 0) is 30.5 Å². The summed E-state index contributed by atoms with van der Waals surface area (Å²) in [5.41, 5.74) is 6.58. The zero-order valence-corrected chi connectivity index (χ0v) is 10.8. The number of halogens is 1. The number of benzene rings is 1. The molecule has 0 aromatic heterocycles. The van der Waals surface area contributed by atoms with Gasteiger partial charge < -0.3 is 20.9 Å². The predicted molar refractivity (Wildman–Crippen MR) is 70.9 cm³/mol. The van der Waals surface area contributed by atoms with Crippen molar-refractivity contribution >= 4 is 11.5 Å². The number of aliphatic hydroxyl groups excluding tert-OH is 1. The molecular formula is C13H18FN3O2. The van der Waals surface area contributed by atoms with Crippen molar-refractivity contribution in [1.82, 2.24) is 0 Å². The summed E-state index contributed by atoms with van der Waals surface area (Å²) in [5, 5.41) is 21.6. The van der Waals surface area contributed by atoms with Crippen LogP contribution in [0.25, 0.3) is 0 Å². The molecule has 1 saturated heterocycles.